The lowest BCUT2D eigenvalue weighted by Gasteiger charge is -2.20. The Morgan fingerprint density at radius 2 is 2.09 bits per heavy atom. The van der Waals surface area contributed by atoms with Crippen LogP contribution in [0.25, 0.3) is 6.08 Å². The number of carbonyl (C=O) groups is 1. The maximum Gasteiger partial charge on any atom is 0.269 e. The predicted octanol–water partition coefficient (Wildman–Crippen LogP) is 2.22. The Morgan fingerprint density at radius 1 is 1.39 bits per heavy atom. The second kappa shape index (κ2) is 6.89. The van der Waals surface area contributed by atoms with E-state index in [9.17, 15) is 20.0 Å². The van der Waals surface area contributed by atoms with Crippen LogP contribution in [0.1, 0.15) is 18.2 Å². The van der Waals surface area contributed by atoms with Crippen molar-refractivity contribution < 1.29 is 19.2 Å². The highest BCUT2D eigenvalue weighted by atomic mass is 16.6. The molecular weight excluding hydrogens is 300 g/mol. The van der Waals surface area contributed by atoms with Gasteiger partial charge in [-0.3, -0.25) is 14.9 Å². The van der Waals surface area contributed by atoms with Crippen LogP contribution in [0, 0.1) is 10.1 Å². The molecule has 1 aromatic carbocycles. The van der Waals surface area contributed by atoms with Crippen LogP contribution >= 0.6 is 0 Å². The van der Waals surface area contributed by atoms with E-state index in [1.807, 2.05) is 0 Å². The summed E-state index contributed by atoms with van der Waals surface area (Å²) in [6.07, 6.45) is 4.26. The van der Waals surface area contributed by atoms with E-state index in [1.165, 1.54) is 37.5 Å². The Balaban J connectivity index is 1.90. The van der Waals surface area contributed by atoms with Gasteiger partial charge < -0.3 is 14.8 Å². The molecule has 120 valence electrons. The normalized spacial score (nSPS) is 13.7. The molecule has 23 heavy (non-hydrogen) atoms. The van der Waals surface area contributed by atoms with E-state index in [0.29, 0.717) is 11.3 Å². The van der Waals surface area contributed by atoms with Crippen molar-refractivity contribution in [1.29, 1.82) is 0 Å². The zero-order valence-corrected chi connectivity index (χ0v) is 12.4. The first kappa shape index (κ1) is 16.4. The molecule has 1 amide bonds. The number of non-ortho nitro benzene ring substituents is 1. The van der Waals surface area contributed by atoms with Crippen molar-refractivity contribution in [2.45, 2.75) is 12.5 Å². The highest BCUT2D eigenvalue weighted by Crippen LogP contribution is 2.19. The number of nitro benzene ring substituents is 1. The molecule has 0 bridgehead atoms. The average molecular weight is 316 g/mol. The quantitative estimate of drug-likeness (QED) is 0.483. The molecule has 0 saturated carbocycles. The lowest BCUT2D eigenvalue weighted by Crippen LogP contribution is -2.37. The molecule has 1 aromatic heterocycles. The fraction of sp³-hybridized carbons (Fsp3) is 0.188. The number of benzene rings is 1. The molecule has 0 aliphatic rings. The first-order chi connectivity index (χ1) is 10.9. The Hall–Kier alpha value is -2.93. The molecule has 0 radical (unpaired) electrons. The summed E-state index contributed by atoms with van der Waals surface area (Å²) >= 11 is 0. The number of furan rings is 1. The minimum absolute atomic E-state index is 0.00997. The van der Waals surface area contributed by atoms with Crippen molar-refractivity contribution in [2.24, 2.45) is 0 Å². The Morgan fingerprint density at radius 3 is 2.65 bits per heavy atom. The van der Waals surface area contributed by atoms with Crippen LogP contribution in [0.4, 0.5) is 5.69 Å². The molecular formula is C16H16N2O5. The number of nitrogens with one attached hydrogen (secondary N) is 1. The topological polar surface area (TPSA) is 106 Å². The molecule has 1 heterocycles. The fourth-order valence-electron chi connectivity index (χ4n) is 1.87. The smallest absolute Gasteiger partial charge is 0.269 e. The summed E-state index contributed by atoms with van der Waals surface area (Å²) in [4.78, 5) is 21.8. The molecule has 2 N–H and O–H groups in total. The van der Waals surface area contributed by atoms with Crippen molar-refractivity contribution in [3.8, 4) is 0 Å². The Kier molecular flexibility index (Phi) is 4.92. The Labute approximate surface area is 132 Å². The van der Waals surface area contributed by atoms with Crippen LogP contribution in [0.3, 0.4) is 0 Å². The van der Waals surface area contributed by atoms with Crippen molar-refractivity contribution in [2.75, 3.05) is 6.54 Å². The highest BCUT2D eigenvalue weighted by Gasteiger charge is 2.26. The summed E-state index contributed by atoms with van der Waals surface area (Å²) in [6, 6.07) is 9.08. The third-order valence-corrected chi connectivity index (χ3v) is 3.19. The van der Waals surface area contributed by atoms with Gasteiger partial charge in [-0.2, -0.15) is 0 Å². The predicted molar refractivity (Wildman–Crippen MR) is 83.4 cm³/mol. The summed E-state index contributed by atoms with van der Waals surface area (Å²) in [5.41, 5.74) is -0.662. The molecule has 0 spiro atoms. The van der Waals surface area contributed by atoms with Crippen molar-refractivity contribution in [1.82, 2.24) is 5.32 Å². The fourth-order valence-corrected chi connectivity index (χ4v) is 1.87. The van der Waals surface area contributed by atoms with Gasteiger partial charge in [-0.1, -0.05) is 0 Å². The first-order valence-electron chi connectivity index (χ1n) is 6.85. The van der Waals surface area contributed by atoms with Crippen LogP contribution in [0.15, 0.2) is 53.2 Å². The molecule has 7 heteroatoms. The molecule has 0 aliphatic carbocycles. The van der Waals surface area contributed by atoms with Gasteiger partial charge in [-0.05, 0) is 42.8 Å². The van der Waals surface area contributed by atoms with Crippen LogP contribution in [-0.4, -0.2) is 22.5 Å². The van der Waals surface area contributed by atoms with Crippen LogP contribution in [0.2, 0.25) is 0 Å². The molecule has 0 fully saturated rings. The number of amides is 1. The van der Waals surface area contributed by atoms with Gasteiger partial charge in [0, 0.05) is 18.2 Å². The van der Waals surface area contributed by atoms with Gasteiger partial charge in [-0.25, -0.2) is 0 Å². The number of rotatable bonds is 6. The summed E-state index contributed by atoms with van der Waals surface area (Å²) in [6.45, 7) is 1.52. The maximum atomic E-state index is 11.8. The zero-order chi connectivity index (χ0) is 16.9. The van der Waals surface area contributed by atoms with Gasteiger partial charge in [0.25, 0.3) is 5.69 Å². The zero-order valence-electron chi connectivity index (χ0n) is 12.4. The minimum Gasteiger partial charge on any atom is -0.466 e. The van der Waals surface area contributed by atoms with E-state index in [2.05, 4.69) is 5.32 Å². The monoisotopic (exact) mass is 316 g/mol. The van der Waals surface area contributed by atoms with Gasteiger partial charge >= 0.3 is 0 Å². The second-order valence-electron chi connectivity index (χ2n) is 5.15. The SMILES string of the molecule is CC(O)(CNC(=O)C=Cc1ccc([N+](=O)[O-])cc1)c1ccco1. The van der Waals surface area contributed by atoms with Gasteiger partial charge in [0.2, 0.25) is 5.91 Å². The molecule has 1 atom stereocenters. The van der Waals surface area contributed by atoms with Gasteiger partial charge in [0.05, 0.1) is 17.7 Å². The van der Waals surface area contributed by atoms with Gasteiger partial charge in [0.15, 0.2) is 0 Å². The molecule has 7 nitrogen and oxygen atoms in total. The van der Waals surface area contributed by atoms with E-state index in [0.717, 1.165) is 0 Å². The van der Waals surface area contributed by atoms with Crippen molar-refractivity contribution in [3.05, 3.63) is 70.2 Å². The molecule has 1 unspecified atom stereocenters. The van der Waals surface area contributed by atoms with Gasteiger partial charge in [-0.15, -0.1) is 0 Å². The van der Waals surface area contributed by atoms with E-state index in [1.54, 1.807) is 24.3 Å². The minimum atomic E-state index is -1.31. The lowest BCUT2D eigenvalue weighted by atomic mass is 10.0. The maximum absolute atomic E-state index is 11.8. The van der Waals surface area contributed by atoms with Crippen LogP contribution in [-0.2, 0) is 10.4 Å². The van der Waals surface area contributed by atoms with Crippen molar-refractivity contribution in [3.63, 3.8) is 0 Å². The number of hydrogen-bond donors (Lipinski definition) is 2. The van der Waals surface area contributed by atoms with Crippen LogP contribution in [0.5, 0.6) is 0 Å². The number of carbonyl (C=O) groups excluding carboxylic acids is 1. The molecule has 0 saturated heterocycles. The summed E-state index contributed by atoms with van der Waals surface area (Å²) in [5.74, 6) is -0.0349. The number of nitro groups is 1. The third-order valence-electron chi connectivity index (χ3n) is 3.19. The summed E-state index contributed by atoms with van der Waals surface area (Å²) in [5, 5.41) is 23.3. The number of aliphatic hydroxyl groups is 1. The molecule has 2 rings (SSSR count). The second-order valence-corrected chi connectivity index (χ2v) is 5.15. The van der Waals surface area contributed by atoms with E-state index < -0.39 is 16.4 Å². The Bertz CT molecular complexity index is 703. The van der Waals surface area contributed by atoms with Crippen molar-refractivity contribution >= 4 is 17.7 Å². The number of nitrogens with zero attached hydrogens (tertiary/aromatic N) is 1. The molecule has 2 aromatic rings. The highest BCUT2D eigenvalue weighted by molar-refractivity contribution is 5.91. The van der Waals surface area contributed by atoms with Gasteiger partial charge in [0.1, 0.15) is 11.4 Å². The largest absolute Gasteiger partial charge is 0.466 e. The average Bonchev–Trinajstić information content (AvgIpc) is 3.06. The molecule has 0 aliphatic heterocycles. The number of hydrogen-bond acceptors (Lipinski definition) is 5. The summed E-state index contributed by atoms with van der Waals surface area (Å²) in [7, 11) is 0. The van der Waals surface area contributed by atoms with Crippen LogP contribution < -0.4 is 5.32 Å². The third kappa shape index (κ3) is 4.52. The lowest BCUT2D eigenvalue weighted by molar-refractivity contribution is -0.384. The van der Waals surface area contributed by atoms with E-state index in [-0.39, 0.29) is 12.2 Å². The van der Waals surface area contributed by atoms with E-state index >= 15 is 0 Å². The summed E-state index contributed by atoms with van der Waals surface area (Å²) < 4.78 is 5.12. The van der Waals surface area contributed by atoms with E-state index in [4.69, 9.17) is 4.42 Å². The standard InChI is InChI=1S/C16H16N2O5/c1-16(20,14-3-2-10-23-14)11-17-15(19)9-6-12-4-7-13(8-5-12)18(21)22/h2-10,20H,11H2,1H3,(H,17,19). The first-order valence-corrected chi connectivity index (χ1v) is 6.85.